The Balaban J connectivity index is 1.51. The van der Waals surface area contributed by atoms with Crippen LogP contribution in [0.15, 0.2) is 58.8 Å². The molecule has 2 aromatic carbocycles. The van der Waals surface area contributed by atoms with Crippen molar-refractivity contribution in [2.24, 2.45) is 0 Å². The Hall–Kier alpha value is -3.72. The topological polar surface area (TPSA) is 81.9 Å². The zero-order chi connectivity index (χ0) is 22.2. The van der Waals surface area contributed by atoms with Crippen molar-refractivity contribution in [3.63, 3.8) is 0 Å². The second-order valence-corrected chi connectivity index (χ2v) is 8.20. The number of aromatic nitrogens is 2. The molecule has 0 bridgehead atoms. The number of hydrogen-bond donors (Lipinski definition) is 1. The van der Waals surface area contributed by atoms with Crippen LogP contribution < -0.4 is 20.3 Å². The lowest BCUT2D eigenvalue weighted by Gasteiger charge is -2.26. The average Bonchev–Trinajstić information content (AvgIpc) is 3.26. The molecule has 9 heteroatoms. The molecule has 5 rings (SSSR count). The van der Waals surface area contributed by atoms with Crippen LogP contribution in [0.1, 0.15) is 29.0 Å². The first-order chi connectivity index (χ1) is 15.5. The van der Waals surface area contributed by atoms with Crippen LogP contribution in [0.25, 0.3) is 4.96 Å². The summed E-state index contributed by atoms with van der Waals surface area (Å²) < 4.78 is 26.9. The van der Waals surface area contributed by atoms with Gasteiger partial charge < -0.3 is 14.8 Å². The number of nitrogens with zero attached hydrogens (tertiary/aromatic N) is 2. The molecule has 0 spiro atoms. The lowest BCUT2D eigenvalue weighted by molar-refractivity contribution is -0.116. The van der Waals surface area contributed by atoms with Gasteiger partial charge in [-0.05, 0) is 23.8 Å². The number of halogens is 1. The van der Waals surface area contributed by atoms with Crippen LogP contribution in [-0.2, 0) is 11.4 Å². The van der Waals surface area contributed by atoms with E-state index < -0.39 is 5.92 Å². The Morgan fingerprint density at radius 3 is 2.88 bits per heavy atom. The second kappa shape index (κ2) is 8.08. The van der Waals surface area contributed by atoms with Gasteiger partial charge in [0.15, 0.2) is 16.5 Å². The Kier molecular flexibility index (Phi) is 5.10. The maximum atomic E-state index is 13.9. The number of thiazole rings is 1. The lowest BCUT2D eigenvalue weighted by atomic mass is 9.86. The molecule has 4 aromatic rings. The minimum Gasteiger partial charge on any atom is -0.493 e. The number of carbonyl (C=O) groups excluding carboxylic acids is 1. The minimum atomic E-state index is -0.481. The molecule has 0 aliphatic carbocycles. The predicted octanol–water partition coefficient (Wildman–Crippen LogP) is 3.96. The third-order valence-corrected chi connectivity index (χ3v) is 6.20. The number of rotatable bonds is 5. The summed E-state index contributed by atoms with van der Waals surface area (Å²) in [6.07, 6.45) is 1.88. The molecule has 0 fully saturated rings. The maximum Gasteiger partial charge on any atom is 0.279 e. The zero-order valence-electron chi connectivity index (χ0n) is 17.0. The van der Waals surface area contributed by atoms with Crippen molar-refractivity contribution in [2.75, 3.05) is 12.4 Å². The number of nitrogens with one attached hydrogen (secondary N) is 1. The van der Waals surface area contributed by atoms with Crippen molar-refractivity contribution in [3.05, 3.63) is 86.9 Å². The van der Waals surface area contributed by atoms with Crippen molar-refractivity contribution >= 4 is 28.0 Å². The molecule has 1 aliphatic rings. The van der Waals surface area contributed by atoms with Crippen LogP contribution in [0.3, 0.4) is 0 Å². The fourth-order valence-electron chi connectivity index (χ4n) is 3.89. The number of fused-ring (bicyclic) bond motifs is 3. The Morgan fingerprint density at radius 1 is 1.22 bits per heavy atom. The highest BCUT2D eigenvalue weighted by Gasteiger charge is 2.32. The highest BCUT2D eigenvalue weighted by atomic mass is 32.1. The standard InChI is InChI=1S/C23H18FN3O4S/c1-30-18-10-13(6-7-17(18)31-12-14-4-2-3-5-16(14)24)15-11-19(28)25-21-20(15)22(29)26-23-27(21)8-9-32-23/h2-10,15H,11-12H2,1H3,(H,25,28). The zero-order valence-corrected chi connectivity index (χ0v) is 17.8. The van der Waals surface area contributed by atoms with Gasteiger partial charge in [0.2, 0.25) is 5.91 Å². The first-order valence-corrected chi connectivity index (χ1v) is 10.8. The van der Waals surface area contributed by atoms with Gasteiger partial charge in [0.05, 0.1) is 12.7 Å². The molecule has 0 saturated carbocycles. The fraction of sp³-hybridized carbons (Fsp3) is 0.174. The van der Waals surface area contributed by atoms with Crippen LogP contribution in [0, 0.1) is 5.82 Å². The van der Waals surface area contributed by atoms with E-state index in [1.54, 1.807) is 47.0 Å². The average molecular weight is 451 g/mol. The van der Waals surface area contributed by atoms with Crippen LogP contribution in [0.2, 0.25) is 0 Å². The Morgan fingerprint density at radius 2 is 2.06 bits per heavy atom. The molecule has 0 radical (unpaired) electrons. The van der Waals surface area contributed by atoms with Gasteiger partial charge >= 0.3 is 0 Å². The number of methoxy groups -OCH3 is 1. The van der Waals surface area contributed by atoms with Gasteiger partial charge in [-0.1, -0.05) is 24.3 Å². The fourth-order valence-corrected chi connectivity index (χ4v) is 4.59. The van der Waals surface area contributed by atoms with Crippen LogP contribution >= 0.6 is 11.3 Å². The van der Waals surface area contributed by atoms with Gasteiger partial charge in [0.25, 0.3) is 5.56 Å². The summed E-state index contributed by atoms with van der Waals surface area (Å²) in [7, 11) is 1.50. The molecular formula is C23H18FN3O4S. The number of benzene rings is 2. The lowest BCUT2D eigenvalue weighted by Crippen LogP contribution is -2.31. The van der Waals surface area contributed by atoms with Crippen LogP contribution in [0.4, 0.5) is 10.2 Å². The van der Waals surface area contributed by atoms with E-state index in [2.05, 4.69) is 10.3 Å². The summed E-state index contributed by atoms with van der Waals surface area (Å²) in [5.74, 6) is 0.290. The number of anilines is 1. The third-order valence-electron chi connectivity index (χ3n) is 5.44. The van der Waals surface area contributed by atoms with Gasteiger partial charge in [-0.3, -0.25) is 14.0 Å². The first kappa shape index (κ1) is 20.2. The first-order valence-electron chi connectivity index (χ1n) is 9.89. The molecular weight excluding hydrogens is 433 g/mol. The normalized spacial score (nSPS) is 15.3. The van der Waals surface area contributed by atoms with E-state index in [0.717, 1.165) is 5.56 Å². The molecule has 7 nitrogen and oxygen atoms in total. The summed E-state index contributed by atoms with van der Waals surface area (Å²) in [6, 6.07) is 11.6. The molecule has 2 aromatic heterocycles. The molecule has 0 saturated heterocycles. The largest absolute Gasteiger partial charge is 0.493 e. The quantitative estimate of drug-likeness (QED) is 0.497. The molecule has 32 heavy (non-hydrogen) atoms. The van der Waals surface area contributed by atoms with E-state index >= 15 is 0 Å². The summed E-state index contributed by atoms with van der Waals surface area (Å²) in [4.78, 5) is 30.0. The number of carbonyl (C=O) groups is 1. The number of hydrogen-bond acceptors (Lipinski definition) is 6. The smallest absolute Gasteiger partial charge is 0.279 e. The Labute approximate surface area is 186 Å². The second-order valence-electron chi connectivity index (χ2n) is 7.33. The Bertz CT molecular complexity index is 1400. The SMILES string of the molecule is COc1cc(C2CC(=O)Nc3c2c(=O)nc2sccn32)ccc1OCc1ccccc1F. The van der Waals surface area contributed by atoms with Gasteiger partial charge in [-0.15, -0.1) is 11.3 Å². The van der Waals surface area contributed by atoms with Gasteiger partial charge in [0, 0.05) is 29.5 Å². The van der Waals surface area contributed by atoms with Crippen molar-refractivity contribution in [1.82, 2.24) is 9.38 Å². The van der Waals surface area contributed by atoms with E-state index in [4.69, 9.17) is 9.47 Å². The van der Waals surface area contributed by atoms with E-state index in [1.165, 1.54) is 24.5 Å². The van der Waals surface area contributed by atoms with Crippen LogP contribution in [-0.4, -0.2) is 22.4 Å². The van der Waals surface area contributed by atoms with Gasteiger partial charge in [-0.25, -0.2) is 4.39 Å². The van der Waals surface area contributed by atoms with Crippen molar-refractivity contribution in [1.29, 1.82) is 0 Å². The number of amides is 1. The summed E-state index contributed by atoms with van der Waals surface area (Å²) in [6.45, 7) is 0.0401. The molecule has 1 N–H and O–H groups in total. The van der Waals surface area contributed by atoms with E-state index in [-0.39, 0.29) is 30.3 Å². The molecule has 1 amide bonds. The van der Waals surface area contributed by atoms with Gasteiger partial charge in [-0.2, -0.15) is 4.98 Å². The number of ether oxygens (including phenoxy) is 2. The van der Waals surface area contributed by atoms with Crippen molar-refractivity contribution < 1.29 is 18.7 Å². The van der Waals surface area contributed by atoms with E-state index in [0.29, 0.717) is 33.4 Å². The van der Waals surface area contributed by atoms with Crippen molar-refractivity contribution in [2.45, 2.75) is 18.9 Å². The van der Waals surface area contributed by atoms with E-state index in [1.807, 2.05) is 5.38 Å². The van der Waals surface area contributed by atoms with Gasteiger partial charge in [0.1, 0.15) is 18.2 Å². The summed E-state index contributed by atoms with van der Waals surface area (Å²) in [5, 5.41) is 4.62. The molecule has 3 heterocycles. The highest BCUT2D eigenvalue weighted by Crippen LogP contribution is 2.39. The van der Waals surface area contributed by atoms with Crippen LogP contribution in [0.5, 0.6) is 11.5 Å². The molecule has 1 atom stereocenters. The summed E-state index contributed by atoms with van der Waals surface area (Å²) >= 11 is 1.32. The highest BCUT2D eigenvalue weighted by molar-refractivity contribution is 7.15. The molecule has 162 valence electrons. The predicted molar refractivity (Wildman–Crippen MR) is 118 cm³/mol. The third kappa shape index (κ3) is 3.50. The van der Waals surface area contributed by atoms with Crippen molar-refractivity contribution in [3.8, 4) is 11.5 Å². The molecule has 1 aliphatic heterocycles. The maximum absolute atomic E-state index is 13.9. The summed E-state index contributed by atoms with van der Waals surface area (Å²) in [5.41, 5.74) is 1.22. The minimum absolute atomic E-state index is 0.0401. The monoisotopic (exact) mass is 451 g/mol. The van der Waals surface area contributed by atoms with E-state index in [9.17, 15) is 14.0 Å². The molecule has 1 unspecified atom stereocenters.